The molecule has 6 heteroatoms. The number of carbonyl (C=O) groups is 2. The number of carbonyl (C=O) groups excluding carboxylic acids is 1. The molecule has 1 amide bonds. The van der Waals surface area contributed by atoms with E-state index >= 15 is 0 Å². The molecular weight excluding hydrogens is 366 g/mol. The van der Waals surface area contributed by atoms with Crippen LogP contribution in [0.25, 0.3) is 0 Å². The van der Waals surface area contributed by atoms with Gasteiger partial charge in [-0.3, -0.25) is 4.79 Å². The number of ether oxygens (including phenoxy) is 1. The summed E-state index contributed by atoms with van der Waals surface area (Å²) in [5.74, 6) is -0.636. The van der Waals surface area contributed by atoms with Gasteiger partial charge in [0.1, 0.15) is 11.8 Å². The molecule has 5 nitrogen and oxygen atoms in total. The van der Waals surface area contributed by atoms with Crippen LogP contribution in [0.4, 0.5) is 0 Å². The first-order valence-corrected chi connectivity index (χ1v) is 9.20. The van der Waals surface area contributed by atoms with Gasteiger partial charge in [-0.05, 0) is 49.1 Å². The number of aryl methyl sites for hydroxylation is 2. The number of carboxylic acids is 1. The lowest BCUT2D eigenvalue weighted by Gasteiger charge is -2.15. The Bertz CT molecular complexity index is 769. The molecule has 0 saturated carbocycles. The zero-order valence-corrected chi connectivity index (χ0v) is 16.3. The zero-order valence-electron chi connectivity index (χ0n) is 15.5. The lowest BCUT2D eigenvalue weighted by Crippen LogP contribution is -2.42. The summed E-state index contributed by atoms with van der Waals surface area (Å²) in [4.78, 5) is 23.5. The molecule has 2 aromatic carbocycles. The predicted octanol–water partition coefficient (Wildman–Crippen LogP) is 3.93. The Morgan fingerprint density at radius 1 is 1.15 bits per heavy atom. The van der Waals surface area contributed by atoms with E-state index in [0.29, 0.717) is 18.8 Å². The average Bonchev–Trinajstić information content (AvgIpc) is 2.63. The number of benzene rings is 2. The molecule has 0 spiro atoms. The topological polar surface area (TPSA) is 75.6 Å². The maximum Gasteiger partial charge on any atom is 0.326 e. The smallest absolute Gasteiger partial charge is 0.326 e. The standard InChI is InChI=1S/C21H24ClNO4/c1-14-11-17(12-15(2)20(14)22)27-10-6-9-19(24)23-18(21(25)26)13-16-7-4-3-5-8-16/h3-5,7-8,11-12,18H,6,9-10,13H2,1-2H3,(H,23,24)(H,25,26). The van der Waals surface area contributed by atoms with Crippen LogP contribution in [-0.4, -0.2) is 29.6 Å². The van der Waals surface area contributed by atoms with Gasteiger partial charge in [-0.25, -0.2) is 4.79 Å². The highest BCUT2D eigenvalue weighted by atomic mass is 35.5. The van der Waals surface area contributed by atoms with Gasteiger partial charge < -0.3 is 15.2 Å². The molecule has 0 radical (unpaired) electrons. The van der Waals surface area contributed by atoms with Crippen LogP contribution in [0.1, 0.15) is 29.5 Å². The Balaban J connectivity index is 1.78. The first-order chi connectivity index (χ1) is 12.9. The van der Waals surface area contributed by atoms with E-state index in [9.17, 15) is 14.7 Å². The van der Waals surface area contributed by atoms with Gasteiger partial charge in [0.05, 0.1) is 6.61 Å². The van der Waals surface area contributed by atoms with Gasteiger partial charge in [0.15, 0.2) is 0 Å². The Kier molecular flexibility index (Phi) is 7.67. The first kappa shape index (κ1) is 20.8. The van der Waals surface area contributed by atoms with Gasteiger partial charge in [-0.2, -0.15) is 0 Å². The van der Waals surface area contributed by atoms with E-state index in [1.54, 1.807) is 0 Å². The van der Waals surface area contributed by atoms with Crippen LogP contribution < -0.4 is 10.1 Å². The molecule has 0 fully saturated rings. The molecule has 0 aromatic heterocycles. The third kappa shape index (κ3) is 6.61. The van der Waals surface area contributed by atoms with Crippen LogP contribution in [0, 0.1) is 13.8 Å². The van der Waals surface area contributed by atoms with Crippen LogP contribution in [0.5, 0.6) is 5.75 Å². The zero-order chi connectivity index (χ0) is 19.8. The van der Waals surface area contributed by atoms with E-state index in [2.05, 4.69) is 5.32 Å². The summed E-state index contributed by atoms with van der Waals surface area (Å²) in [6.07, 6.45) is 0.941. The van der Waals surface area contributed by atoms with Crippen molar-refractivity contribution in [2.75, 3.05) is 6.61 Å². The number of rotatable bonds is 9. The molecule has 144 valence electrons. The quantitative estimate of drug-likeness (QED) is 0.637. The van der Waals surface area contributed by atoms with Crippen molar-refractivity contribution in [3.05, 3.63) is 64.2 Å². The summed E-state index contributed by atoms with van der Waals surface area (Å²) < 4.78 is 5.67. The highest BCUT2D eigenvalue weighted by Gasteiger charge is 2.20. The Morgan fingerprint density at radius 3 is 2.37 bits per heavy atom. The summed E-state index contributed by atoms with van der Waals surface area (Å²) >= 11 is 6.13. The van der Waals surface area contributed by atoms with Crippen molar-refractivity contribution in [1.82, 2.24) is 5.32 Å². The number of hydrogen-bond acceptors (Lipinski definition) is 3. The van der Waals surface area contributed by atoms with Crippen LogP contribution >= 0.6 is 11.6 Å². The number of hydrogen-bond donors (Lipinski definition) is 2. The van der Waals surface area contributed by atoms with Gasteiger partial charge in [0.25, 0.3) is 0 Å². The summed E-state index contributed by atoms with van der Waals surface area (Å²) in [7, 11) is 0. The van der Waals surface area contributed by atoms with E-state index in [-0.39, 0.29) is 18.7 Å². The minimum Gasteiger partial charge on any atom is -0.494 e. The van der Waals surface area contributed by atoms with E-state index in [1.165, 1.54) is 0 Å². The monoisotopic (exact) mass is 389 g/mol. The molecule has 0 heterocycles. The molecule has 0 aliphatic heterocycles. The van der Waals surface area contributed by atoms with E-state index in [1.807, 2.05) is 56.3 Å². The van der Waals surface area contributed by atoms with Gasteiger partial charge in [-0.1, -0.05) is 41.9 Å². The lowest BCUT2D eigenvalue weighted by molar-refractivity contribution is -0.141. The number of amides is 1. The summed E-state index contributed by atoms with van der Waals surface area (Å²) in [5, 5.41) is 12.6. The average molecular weight is 390 g/mol. The molecule has 0 bridgehead atoms. The lowest BCUT2D eigenvalue weighted by atomic mass is 10.1. The number of halogens is 1. The Morgan fingerprint density at radius 2 is 1.78 bits per heavy atom. The second kappa shape index (κ2) is 9.97. The number of aliphatic carboxylic acids is 1. The predicted molar refractivity (Wildman–Crippen MR) is 105 cm³/mol. The molecule has 27 heavy (non-hydrogen) atoms. The molecule has 2 rings (SSSR count). The fourth-order valence-corrected chi connectivity index (χ4v) is 2.84. The maximum absolute atomic E-state index is 12.1. The van der Waals surface area contributed by atoms with Gasteiger partial charge in [0, 0.05) is 17.9 Å². The summed E-state index contributed by atoms with van der Waals surface area (Å²) in [6, 6.07) is 12.0. The molecule has 1 atom stereocenters. The second-order valence-corrected chi connectivity index (χ2v) is 6.85. The van der Waals surface area contributed by atoms with Crippen molar-refractivity contribution in [3.8, 4) is 5.75 Å². The largest absolute Gasteiger partial charge is 0.494 e. The molecule has 2 aromatic rings. The van der Waals surface area contributed by atoms with Gasteiger partial charge in [0.2, 0.25) is 5.91 Å². The normalized spacial score (nSPS) is 11.7. The molecule has 2 N–H and O–H groups in total. The van der Waals surface area contributed by atoms with E-state index < -0.39 is 12.0 Å². The fraction of sp³-hybridized carbons (Fsp3) is 0.333. The Hall–Kier alpha value is -2.53. The van der Waals surface area contributed by atoms with E-state index in [4.69, 9.17) is 16.3 Å². The SMILES string of the molecule is Cc1cc(OCCCC(=O)NC(Cc2ccccc2)C(=O)O)cc(C)c1Cl. The highest BCUT2D eigenvalue weighted by molar-refractivity contribution is 6.32. The van der Waals surface area contributed by atoms with Crippen LogP contribution in [0.3, 0.4) is 0 Å². The van der Waals surface area contributed by atoms with Gasteiger partial charge in [-0.15, -0.1) is 0 Å². The molecule has 0 aliphatic rings. The Labute approximate surface area is 164 Å². The van der Waals surface area contributed by atoms with Crippen molar-refractivity contribution in [1.29, 1.82) is 0 Å². The van der Waals surface area contributed by atoms with Crippen LogP contribution in [-0.2, 0) is 16.0 Å². The summed E-state index contributed by atoms with van der Waals surface area (Å²) in [5.41, 5.74) is 2.74. The minimum absolute atomic E-state index is 0.199. The van der Waals surface area contributed by atoms with Crippen molar-refractivity contribution in [2.24, 2.45) is 0 Å². The van der Waals surface area contributed by atoms with Crippen LogP contribution in [0.2, 0.25) is 5.02 Å². The van der Waals surface area contributed by atoms with Crippen LogP contribution in [0.15, 0.2) is 42.5 Å². The highest BCUT2D eigenvalue weighted by Crippen LogP contribution is 2.25. The first-order valence-electron chi connectivity index (χ1n) is 8.82. The minimum atomic E-state index is -1.05. The molecule has 0 saturated heterocycles. The molecule has 0 aliphatic carbocycles. The van der Waals surface area contributed by atoms with Crippen molar-refractivity contribution >= 4 is 23.5 Å². The summed E-state index contributed by atoms with van der Waals surface area (Å²) in [6.45, 7) is 4.19. The van der Waals surface area contributed by atoms with Crippen molar-refractivity contribution in [3.63, 3.8) is 0 Å². The van der Waals surface area contributed by atoms with E-state index in [0.717, 1.165) is 21.7 Å². The second-order valence-electron chi connectivity index (χ2n) is 6.47. The molecular formula is C21H24ClNO4. The third-order valence-electron chi connectivity index (χ3n) is 4.14. The van der Waals surface area contributed by atoms with Crippen molar-refractivity contribution < 1.29 is 19.4 Å². The number of carboxylic acid groups (broad SMARTS) is 1. The third-order valence-corrected chi connectivity index (χ3v) is 4.74. The van der Waals surface area contributed by atoms with Crippen molar-refractivity contribution in [2.45, 2.75) is 39.2 Å². The molecule has 1 unspecified atom stereocenters. The van der Waals surface area contributed by atoms with Gasteiger partial charge >= 0.3 is 5.97 Å². The maximum atomic E-state index is 12.1. The number of nitrogens with one attached hydrogen (secondary N) is 1. The fourth-order valence-electron chi connectivity index (χ4n) is 2.73.